The zero-order valence-corrected chi connectivity index (χ0v) is 11.2. The number of nitrogens with two attached hydrogens (primary N) is 1. The predicted octanol–water partition coefficient (Wildman–Crippen LogP) is 2.34. The molecule has 0 radical (unpaired) electrons. The molecule has 0 amide bonds. The number of nitrogens with zero attached hydrogens (tertiary/aromatic N) is 1. The average Bonchev–Trinajstić information content (AvgIpc) is 2.38. The maximum atomic E-state index is 5.90. The molecule has 94 valence electrons. The van der Waals surface area contributed by atoms with Gasteiger partial charge in [-0.2, -0.15) is 11.8 Å². The van der Waals surface area contributed by atoms with Crippen molar-refractivity contribution in [1.82, 2.24) is 4.90 Å². The molecule has 3 heteroatoms. The second-order valence-electron chi connectivity index (χ2n) is 4.72. The summed E-state index contributed by atoms with van der Waals surface area (Å²) >= 11 is 2.03. The van der Waals surface area contributed by atoms with Gasteiger partial charge in [-0.05, 0) is 31.5 Å². The fourth-order valence-electron chi connectivity index (χ4n) is 2.13. The van der Waals surface area contributed by atoms with E-state index >= 15 is 0 Å². The van der Waals surface area contributed by atoms with Crippen molar-refractivity contribution in [2.75, 3.05) is 25.4 Å². The lowest BCUT2D eigenvalue weighted by molar-refractivity contribution is 0.225. The molecular weight excluding hydrogens is 228 g/mol. The first kappa shape index (κ1) is 12.9. The SMILES string of the molecule is NC1CCN(CCSCc2ccccc2)CC1. The molecule has 2 nitrogen and oxygen atoms in total. The summed E-state index contributed by atoms with van der Waals surface area (Å²) in [5.74, 6) is 2.36. The summed E-state index contributed by atoms with van der Waals surface area (Å²) in [5, 5.41) is 0. The third-order valence-corrected chi connectivity index (χ3v) is 4.30. The van der Waals surface area contributed by atoms with E-state index in [9.17, 15) is 0 Å². The minimum atomic E-state index is 0.447. The fourth-order valence-corrected chi connectivity index (χ4v) is 3.09. The number of rotatable bonds is 5. The molecule has 0 saturated carbocycles. The van der Waals surface area contributed by atoms with Crippen molar-refractivity contribution in [3.05, 3.63) is 35.9 Å². The number of hydrogen-bond acceptors (Lipinski definition) is 3. The first-order valence-electron chi connectivity index (χ1n) is 6.44. The molecule has 0 spiro atoms. The minimum Gasteiger partial charge on any atom is -0.328 e. The quantitative estimate of drug-likeness (QED) is 0.813. The van der Waals surface area contributed by atoms with E-state index in [1.54, 1.807) is 0 Å². The van der Waals surface area contributed by atoms with Crippen LogP contribution >= 0.6 is 11.8 Å². The van der Waals surface area contributed by atoms with Gasteiger partial charge in [0.2, 0.25) is 0 Å². The lowest BCUT2D eigenvalue weighted by atomic mass is 10.1. The van der Waals surface area contributed by atoms with Crippen molar-refractivity contribution >= 4 is 11.8 Å². The molecule has 1 aliphatic heterocycles. The van der Waals surface area contributed by atoms with Gasteiger partial charge in [-0.3, -0.25) is 0 Å². The Morgan fingerprint density at radius 3 is 2.59 bits per heavy atom. The third-order valence-electron chi connectivity index (χ3n) is 3.30. The van der Waals surface area contributed by atoms with Crippen LogP contribution in [0.4, 0.5) is 0 Å². The first-order valence-corrected chi connectivity index (χ1v) is 7.59. The van der Waals surface area contributed by atoms with Crippen LogP contribution in [-0.2, 0) is 5.75 Å². The molecule has 0 aliphatic carbocycles. The highest BCUT2D eigenvalue weighted by atomic mass is 32.2. The molecule has 1 fully saturated rings. The van der Waals surface area contributed by atoms with Gasteiger partial charge < -0.3 is 10.6 Å². The smallest absolute Gasteiger partial charge is 0.0185 e. The Morgan fingerprint density at radius 1 is 1.18 bits per heavy atom. The van der Waals surface area contributed by atoms with E-state index in [1.165, 1.54) is 43.8 Å². The highest BCUT2D eigenvalue weighted by Gasteiger charge is 2.14. The predicted molar refractivity (Wildman–Crippen MR) is 76.3 cm³/mol. The van der Waals surface area contributed by atoms with Crippen LogP contribution in [0, 0.1) is 0 Å². The van der Waals surface area contributed by atoms with Gasteiger partial charge in [0.05, 0.1) is 0 Å². The lowest BCUT2D eigenvalue weighted by Gasteiger charge is -2.29. The van der Waals surface area contributed by atoms with E-state index in [4.69, 9.17) is 5.73 Å². The molecule has 0 bridgehead atoms. The Bertz CT molecular complexity index is 307. The second kappa shape index (κ2) is 7.04. The third kappa shape index (κ3) is 4.70. The molecule has 1 heterocycles. The van der Waals surface area contributed by atoms with Gasteiger partial charge in [0, 0.05) is 24.1 Å². The Labute approximate surface area is 109 Å². The van der Waals surface area contributed by atoms with E-state index < -0.39 is 0 Å². The monoisotopic (exact) mass is 250 g/mol. The summed E-state index contributed by atoms with van der Waals surface area (Å²) in [6.07, 6.45) is 2.34. The van der Waals surface area contributed by atoms with Gasteiger partial charge in [-0.1, -0.05) is 30.3 Å². The Balaban J connectivity index is 1.57. The number of thioether (sulfide) groups is 1. The van der Waals surface area contributed by atoms with E-state index in [-0.39, 0.29) is 0 Å². The maximum Gasteiger partial charge on any atom is 0.0185 e. The number of likely N-dealkylation sites (tertiary alicyclic amines) is 1. The van der Waals surface area contributed by atoms with Crippen molar-refractivity contribution in [2.45, 2.75) is 24.6 Å². The molecule has 17 heavy (non-hydrogen) atoms. The first-order chi connectivity index (χ1) is 8.34. The molecule has 1 saturated heterocycles. The van der Waals surface area contributed by atoms with Gasteiger partial charge in [0.25, 0.3) is 0 Å². The summed E-state index contributed by atoms with van der Waals surface area (Å²) in [5.41, 5.74) is 7.32. The number of benzene rings is 1. The van der Waals surface area contributed by atoms with Gasteiger partial charge in [-0.25, -0.2) is 0 Å². The van der Waals surface area contributed by atoms with Crippen molar-refractivity contribution in [2.24, 2.45) is 5.73 Å². The Kier molecular flexibility index (Phi) is 5.36. The summed E-state index contributed by atoms with van der Waals surface area (Å²) < 4.78 is 0. The van der Waals surface area contributed by atoms with Crippen LogP contribution in [0.1, 0.15) is 18.4 Å². The molecule has 0 aromatic heterocycles. The maximum absolute atomic E-state index is 5.90. The molecule has 2 rings (SSSR count). The highest BCUT2D eigenvalue weighted by Crippen LogP contribution is 2.13. The van der Waals surface area contributed by atoms with Crippen molar-refractivity contribution in [1.29, 1.82) is 0 Å². The van der Waals surface area contributed by atoms with Crippen LogP contribution in [0.5, 0.6) is 0 Å². The average molecular weight is 250 g/mol. The van der Waals surface area contributed by atoms with Gasteiger partial charge in [0.15, 0.2) is 0 Å². The van der Waals surface area contributed by atoms with Crippen LogP contribution in [-0.4, -0.2) is 36.3 Å². The normalized spacial score (nSPS) is 18.4. The van der Waals surface area contributed by atoms with Gasteiger partial charge in [0.1, 0.15) is 0 Å². The molecule has 1 aliphatic rings. The topological polar surface area (TPSA) is 29.3 Å². The van der Waals surface area contributed by atoms with Crippen molar-refractivity contribution in [3.63, 3.8) is 0 Å². The second-order valence-corrected chi connectivity index (χ2v) is 5.82. The lowest BCUT2D eigenvalue weighted by Crippen LogP contribution is -2.40. The summed E-state index contributed by atoms with van der Waals surface area (Å²) in [6, 6.07) is 11.2. The molecule has 1 aromatic carbocycles. The zero-order valence-electron chi connectivity index (χ0n) is 10.3. The van der Waals surface area contributed by atoms with Crippen molar-refractivity contribution in [3.8, 4) is 0 Å². The molecule has 2 N–H and O–H groups in total. The molecule has 0 atom stereocenters. The Hall–Kier alpha value is -0.510. The van der Waals surface area contributed by atoms with Crippen molar-refractivity contribution < 1.29 is 0 Å². The number of hydrogen-bond donors (Lipinski definition) is 1. The van der Waals surface area contributed by atoms with E-state index in [0.29, 0.717) is 6.04 Å². The van der Waals surface area contributed by atoms with Gasteiger partial charge in [-0.15, -0.1) is 0 Å². The fraction of sp³-hybridized carbons (Fsp3) is 0.571. The van der Waals surface area contributed by atoms with E-state index in [0.717, 1.165) is 5.75 Å². The molecule has 1 aromatic rings. The van der Waals surface area contributed by atoms with Crippen LogP contribution in [0.3, 0.4) is 0 Å². The van der Waals surface area contributed by atoms with Crippen LogP contribution in [0.2, 0.25) is 0 Å². The van der Waals surface area contributed by atoms with Gasteiger partial charge >= 0.3 is 0 Å². The molecule has 0 unspecified atom stereocenters. The minimum absolute atomic E-state index is 0.447. The van der Waals surface area contributed by atoms with Crippen LogP contribution in [0.15, 0.2) is 30.3 Å². The van der Waals surface area contributed by atoms with Crippen LogP contribution < -0.4 is 5.73 Å². The summed E-state index contributed by atoms with van der Waals surface area (Å²) in [6.45, 7) is 3.59. The Morgan fingerprint density at radius 2 is 1.88 bits per heavy atom. The molecular formula is C14H22N2S. The van der Waals surface area contributed by atoms with Crippen LogP contribution in [0.25, 0.3) is 0 Å². The summed E-state index contributed by atoms with van der Waals surface area (Å²) in [4.78, 5) is 2.54. The summed E-state index contributed by atoms with van der Waals surface area (Å²) in [7, 11) is 0. The largest absolute Gasteiger partial charge is 0.328 e. The van der Waals surface area contributed by atoms with E-state index in [2.05, 4.69) is 35.2 Å². The van der Waals surface area contributed by atoms with E-state index in [1.807, 2.05) is 11.8 Å². The highest BCUT2D eigenvalue weighted by molar-refractivity contribution is 7.98. The zero-order chi connectivity index (χ0) is 11.9. The standard InChI is InChI=1S/C14H22N2S/c15-14-6-8-16(9-7-14)10-11-17-12-13-4-2-1-3-5-13/h1-5,14H,6-12,15H2. The number of piperidine rings is 1.